The number of carboxylic acid groups (broad SMARTS) is 1. The molecule has 0 aliphatic heterocycles. The maximum Gasteiger partial charge on any atom is 0.326 e. The van der Waals surface area contributed by atoms with E-state index in [9.17, 15) is 29.1 Å². The average Bonchev–Trinajstić information content (AvgIpc) is 3.30. The molecule has 0 saturated heterocycles. The van der Waals surface area contributed by atoms with E-state index < -0.39 is 60.2 Å². The maximum absolute atomic E-state index is 13.3. The van der Waals surface area contributed by atoms with E-state index in [1.165, 1.54) is 6.92 Å². The average molecular weight is 537 g/mol. The van der Waals surface area contributed by atoms with Crippen LogP contribution in [0.2, 0.25) is 0 Å². The van der Waals surface area contributed by atoms with Crippen molar-refractivity contribution in [3.05, 3.63) is 71.9 Å². The Balaban J connectivity index is 1.74. The zero-order valence-electron chi connectivity index (χ0n) is 21.3. The number of hydrogen-bond acceptors (Lipinski definition) is 6. The Morgan fingerprint density at radius 2 is 1.49 bits per heavy atom. The van der Waals surface area contributed by atoms with Crippen molar-refractivity contribution in [2.24, 2.45) is 11.5 Å². The number of amides is 4. The van der Waals surface area contributed by atoms with Crippen molar-refractivity contribution in [1.29, 1.82) is 0 Å². The third-order valence-electron chi connectivity index (χ3n) is 6.14. The zero-order chi connectivity index (χ0) is 28.5. The smallest absolute Gasteiger partial charge is 0.326 e. The number of nitrogens with one attached hydrogen (secondary N) is 4. The third kappa shape index (κ3) is 8.14. The number of H-pyrrole nitrogens is 1. The summed E-state index contributed by atoms with van der Waals surface area (Å²) in [5.74, 6) is -4.17. The lowest BCUT2D eigenvalue weighted by Gasteiger charge is -2.24. The molecule has 12 nitrogen and oxygen atoms in total. The van der Waals surface area contributed by atoms with Gasteiger partial charge < -0.3 is 37.5 Å². The van der Waals surface area contributed by atoms with Crippen LogP contribution in [0.15, 0.2) is 60.8 Å². The summed E-state index contributed by atoms with van der Waals surface area (Å²) in [7, 11) is 0. The second-order valence-electron chi connectivity index (χ2n) is 9.22. The Labute approximate surface area is 224 Å². The molecule has 0 saturated carbocycles. The van der Waals surface area contributed by atoms with E-state index in [0.29, 0.717) is 5.56 Å². The van der Waals surface area contributed by atoms with Crippen LogP contribution in [0.3, 0.4) is 0 Å². The van der Waals surface area contributed by atoms with Gasteiger partial charge in [-0.25, -0.2) is 4.79 Å². The Morgan fingerprint density at radius 1 is 0.846 bits per heavy atom. The van der Waals surface area contributed by atoms with Gasteiger partial charge in [0.25, 0.3) is 0 Å². The Bertz CT molecular complexity index is 1340. The van der Waals surface area contributed by atoms with Gasteiger partial charge >= 0.3 is 5.97 Å². The van der Waals surface area contributed by atoms with Crippen LogP contribution >= 0.6 is 0 Å². The number of hydrogen-bond donors (Lipinski definition) is 7. The highest BCUT2D eigenvalue weighted by atomic mass is 16.4. The molecule has 0 radical (unpaired) electrons. The SMILES string of the molecule is CC(NC(=O)C(N)CC(N)=O)C(=O)NC(Cc1ccccc1)C(=O)NC(Cc1c[nH]c2ccccc12)C(=O)O. The van der Waals surface area contributed by atoms with E-state index >= 15 is 0 Å². The van der Waals surface area contributed by atoms with Gasteiger partial charge in [-0.2, -0.15) is 0 Å². The van der Waals surface area contributed by atoms with E-state index in [2.05, 4.69) is 20.9 Å². The fraction of sp³-hybridized carbons (Fsp3) is 0.296. The molecule has 0 spiro atoms. The van der Waals surface area contributed by atoms with Crippen LogP contribution in [0.5, 0.6) is 0 Å². The Morgan fingerprint density at radius 3 is 2.15 bits per heavy atom. The number of aliphatic carboxylic acids is 1. The summed E-state index contributed by atoms with van der Waals surface area (Å²) in [6.07, 6.45) is 1.39. The first-order valence-electron chi connectivity index (χ1n) is 12.3. The largest absolute Gasteiger partial charge is 0.480 e. The first-order valence-corrected chi connectivity index (χ1v) is 12.3. The maximum atomic E-state index is 13.3. The number of fused-ring (bicyclic) bond motifs is 1. The van der Waals surface area contributed by atoms with Crippen LogP contribution in [0.4, 0.5) is 0 Å². The van der Waals surface area contributed by atoms with Crippen LogP contribution < -0.4 is 27.4 Å². The number of rotatable bonds is 13. The second-order valence-corrected chi connectivity index (χ2v) is 9.22. The van der Waals surface area contributed by atoms with E-state index in [-0.39, 0.29) is 12.8 Å². The molecule has 4 unspecified atom stereocenters. The summed E-state index contributed by atoms with van der Waals surface area (Å²) in [5, 5.41) is 18.2. The summed E-state index contributed by atoms with van der Waals surface area (Å²) in [6.45, 7) is 1.39. The molecule has 0 fully saturated rings. The van der Waals surface area contributed by atoms with Crippen molar-refractivity contribution in [1.82, 2.24) is 20.9 Å². The predicted molar refractivity (Wildman–Crippen MR) is 143 cm³/mol. The minimum atomic E-state index is -1.27. The highest BCUT2D eigenvalue weighted by molar-refractivity contribution is 5.95. The fourth-order valence-electron chi connectivity index (χ4n) is 4.04. The summed E-state index contributed by atoms with van der Waals surface area (Å²) in [5.41, 5.74) is 13.0. The number of nitrogens with two attached hydrogens (primary N) is 2. The highest BCUT2D eigenvalue weighted by Crippen LogP contribution is 2.19. The molecule has 39 heavy (non-hydrogen) atoms. The van der Waals surface area contributed by atoms with E-state index in [1.807, 2.05) is 24.3 Å². The number of benzene rings is 2. The molecule has 4 amide bonds. The van der Waals surface area contributed by atoms with Crippen LogP contribution in [0, 0.1) is 0 Å². The van der Waals surface area contributed by atoms with Gasteiger partial charge in [0.05, 0.1) is 12.5 Å². The quantitative estimate of drug-likeness (QED) is 0.155. The summed E-state index contributed by atoms with van der Waals surface area (Å²) >= 11 is 0. The number of carbonyl (C=O) groups is 5. The molecule has 0 aliphatic rings. The molecular formula is C27H32N6O6. The van der Waals surface area contributed by atoms with Gasteiger partial charge in [-0.1, -0.05) is 48.5 Å². The molecule has 0 bridgehead atoms. The zero-order valence-corrected chi connectivity index (χ0v) is 21.3. The van der Waals surface area contributed by atoms with Crippen molar-refractivity contribution >= 4 is 40.5 Å². The lowest BCUT2D eigenvalue weighted by molar-refractivity contribution is -0.142. The Kier molecular flexibility index (Phi) is 9.76. The number of aromatic amines is 1. The van der Waals surface area contributed by atoms with Gasteiger partial charge in [-0.15, -0.1) is 0 Å². The van der Waals surface area contributed by atoms with Crippen molar-refractivity contribution in [2.45, 2.75) is 50.4 Å². The topological polar surface area (TPSA) is 209 Å². The third-order valence-corrected chi connectivity index (χ3v) is 6.14. The molecule has 4 atom stereocenters. The van der Waals surface area contributed by atoms with Crippen LogP contribution in [-0.2, 0) is 36.8 Å². The van der Waals surface area contributed by atoms with Gasteiger partial charge in [-0.3, -0.25) is 19.2 Å². The normalized spacial score (nSPS) is 14.0. The van der Waals surface area contributed by atoms with E-state index in [4.69, 9.17) is 11.5 Å². The van der Waals surface area contributed by atoms with Crippen LogP contribution in [0.1, 0.15) is 24.5 Å². The van der Waals surface area contributed by atoms with Crippen LogP contribution in [-0.4, -0.2) is 63.9 Å². The van der Waals surface area contributed by atoms with Crippen molar-refractivity contribution < 1.29 is 29.1 Å². The molecule has 2 aromatic carbocycles. The lowest BCUT2D eigenvalue weighted by atomic mass is 10.0. The van der Waals surface area contributed by atoms with Gasteiger partial charge in [0.15, 0.2) is 0 Å². The van der Waals surface area contributed by atoms with Crippen molar-refractivity contribution in [3.63, 3.8) is 0 Å². The number of carboxylic acids is 1. The number of para-hydroxylation sites is 1. The molecule has 12 heteroatoms. The minimum absolute atomic E-state index is 0.0152. The number of aromatic nitrogens is 1. The fourth-order valence-corrected chi connectivity index (χ4v) is 4.04. The van der Waals surface area contributed by atoms with Crippen LogP contribution in [0.25, 0.3) is 10.9 Å². The highest BCUT2D eigenvalue weighted by Gasteiger charge is 2.29. The molecule has 1 aromatic heterocycles. The molecule has 0 aliphatic carbocycles. The van der Waals surface area contributed by atoms with Gasteiger partial charge in [0.1, 0.15) is 18.1 Å². The molecule has 9 N–H and O–H groups in total. The second kappa shape index (κ2) is 13.2. The summed E-state index contributed by atoms with van der Waals surface area (Å²) in [6, 6.07) is 11.5. The molecule has 3 rings (SSSR count). The molecular weight excluding hydrogens is 504 g/mol. The summed E-state index contributed by atoms with van der Waals surface area (Å²) in [4.78, 5) is 64.6. The Hall–Kier alpha value is -4.71. The van der Waals surface area contributed by atoms with E-state index in [1.54, 1.807) is 36.5 Å². The predicted octanol–water partition coefficient (Wildman–Crippen LogP) is -0.285. The molecule has 3 aromatic rings. The van der Waals surface area contributed by atoms with Gasteiger partial charge in [-0.05, 0) is 24.1 Å². The summed E-state index contributed by atoms with van der Waals surface area (Å²) < 4.78 is 0. The van der Waals surface area contributed by atoms with Gasteiger partial charge in [0.2, 0.25) is 23.6 Å². The molecule has 206 valence electrons. The monoisotopic (exact) mass is 536 g/mol. The number of primary amides is 1. The van der Waals surface area contributed by atoms with Gasteiger partial charge in [0, 0.05) is 29.9 Å². The first-order chi connectivity index (χ1) is 18.5. The van der Waals surface area contributed by atoms with Crippen molar-refractivity contribution in [2.75, 3.05) is 0 Å². The standard InChI is InChI=1S/C27H32N6O6/c1-15(31-25(36)19(28)13-23(29)34)24(35)32-21(11-16-7-3-2-4-8-16)26(37)33-22(27(38)39)12-17-14-30-20-10-6-5-9-18(17)20/h2-10,14-15,19,21-22,30H,11-13,28H2,1H3,(H2,29,34)(H,31,36)(H,32,35)(H,33,37)(H,38,39). The number of carbonyl (C=O) groups excluding carboxylic acids is 4. The minimum Gasteiger partial charge on any atom is -0.480 e. The first kappa shape index (κ1) is 28.9. The lowest BCUT2D eigenvalue weighted by Crippen LogP contribution is -2.57. The molecule has 1 heterocycles. The van der Waals surface area contributed by atoms with E-state index in [0.717, 1.165) is 16.5 Å². The van der Waals surface area contributed by atoms with Crippen molar-refractivity contribution in [3.8, 4) is 0 Å².